The summed E-state index contributed by atoms with van der Waals surface area (Å²) in [5, 5.41) is 4.90. The van der Waals surface area contributed by atoms with Crippen molar-refractivity contribution in [2.75, 3.05) is 0 Å². The van der Waals surface area contributed by atoms with Gasteiger partial charge in [-0.05, 0) is 46.0 Å². The van der Waals surface area contributed by atoms with E-state index in [4.69, 9.17) is 4.42 Å². The molecule has 30 heavy (non-hydrogen) atoms. The van der Waals surface area contributed by atoms with Crippen molar-refractivity contribution in [2.24, 2.45) is 0 Å². The number of hydrogen-bond donors (Lipinski definition) is 0. The number of furan rings is 1. The molecular weight excluding hydrogens is 364 g/mol. The van der Waals surface area contributed by atoms with Gasteiger partial charge in [-0.3, -0.25) is 0 Å². The van der Waals surface area contributed by atoms with Gasteiger partial charge in [0.05, 0.1) is 0 Å². The lowest BCUT2D eigenvalue weighted by molar-refractivity contribution is 0.670. The smallest absolute Gasteiger partial charge is 0.143 e. The number of para-hydroxylation sites is 1. The highest BCUT2D eigenvalue weighted by Gasteiger charge is 2.16. The molecule has 1 heteroatoms. The van der Waals surface area contributed by atoms with E-state index >= 15 is 0 Å². The molecule has 0 atom stereocenters. The fourth-order valence-corrected chi connectivity index (χ4v) is 4.44. The first-order valence-electron chi connectivity index (χ1n) is 10.3. The van der Waals surface area contributed by atoms with Gasteiger partial charge in [-0.25, -0.2) is 0 Å². The van der Waals surface area contributed by atoms with Crippen LogP contribution in [0.3, 0.4) is 0 Å². The second-order valence-corrected chi connectivity index (χ2v) is 7.80. The second kappa shape index (κ2) is 6.89. The van der Waals surface area contributed by atoms with Gasteiger partial charge in [0.15, 0.2) is 0 Å². The Kier molecular flexibility index (Phi) is 3.92. The Hall–Kier alpha value is -3.84. The molecule has 0 amide bonds. The van der Waals surface area contributed by atoms with Crippen LogP contribution in [0.5, 0.6) is 0 Å². The number of benzene rings is 5. The maximum Gasteiger partial charge on any atom is 0.143 e. The topological polar surface area (TPSA) is 13.1 Å². The Bertz CT molecular complexity index is 1510. The first-order chi connectivity index (χ1) is 14.9. The van der Waals surface area contributed by atoms with Crippen molar-refractivity contribution in [3.63, 3.8) is 0 Å². The summed E-state index contributed by atoms with van der Waals surface area (Å²) in [6.07, 6.45) is 0.888. The molecule has 1 aromatic heterocycles. The molecule has 142 valence electrons. The molecule has 6 rings (SSSR count). The van der Waals surface area contributed by atoms with E-state index < -0.39 is 0 Å². The van der Waals surface area contributed by atoms with E-state index in [9.17, 15) is 0 Å². The Morgan fingerprint density at radius 1 is 0.600 bits per heavy atom. The van der Waals surface area contributed by atoms with Crippen molar-refractivity contribution in [1.29, 1.82) is 0 Å². The molecule has 0 radical (unpaired) electrons. The number of hydrogen-bond acceptors (Lipinski definition) is 1. The van der Waals surface area contributed by atoms with Crippen LogP contribution in [0.4, 0.5) is 0 Å². The molecule has 0 aliphatic heterocycles. The van der Waals surface area contributed by atoms with Crippen LogP contribution in [-0.2, 0) is 6.42 Å². The molecule has 1 heterocycles. The summed E-state index contributed by atoms with van der Waals surface area (Å²) in [6, 6.07) is 38.6. The zero-order valence-corrected chi connectivity index (χ0v) is 16.5. The Balaban J connectivity index is 1.61. The van der Waals surface area contributed by atoms with Crippen LogP contribution in [0.25, 0.3) is 43.8 Å². The van der Waals surface area contributed by atoms with Crippen molar-refractivity contribution in [2.45, 2.75) is 6.42 Å². The zero-order chi connectivity index (χ0) is 19.9. The van der Waals surface area contributed by atoms with E-state index in [1.54, 1.807) is 0 Å². The molecule has 0 saturated carbocycles. The lowest BCUT2D eigenvalue weighted by Gasteiger charge is -2.09. The first-order valence-corrected chi connectivity index (χ1v) is 10.3. The summed E-state index contributed by atoms with van der Waals surface area (Å²) >= 11 is 0. The van der Waals surface area contributed by atoms with Gasteiger partial charge in [-0.1, -0.05) is 97.1 Å². The summed E-state index contributed by atoms with van der Waals surface area (Å²) < 4.78 is 6.43. The lowest BCUT2D eigenvalue weighted by Crippen LogP contribution is -1.90. The van der Waals surface area contributed by atoms with E-state index in [2.05, 4.69) is 103 Å². The summed E-state index contributed by atoms with van der Waals surface area (Å²) in [5.74, 6) is 0. The molecule has 0 aliphatic carbocycles. The lowest BCUT2D eigenvalue weighted by atomic mass is 9.94. The SMILES string of the molecule is c1ccc(Cc2ccc(-c3ccc4ccccc4c3)c3oc4ccccc4c23)cc1. The van der Waals surface area contributed by atoms with Crippen LogP contribution in [0.2, 0.25) is 0 Å². The zero-order valence-electron chi connectivity index (χ0n) is 16.5. The van der Waals surface area contributed by atoms with Gasteiger partial charge in [0.2, 0.25) is 0 Å². The minimum atomic E-state index is 0.888. The van der Waals surface area contributed by atoms with E-state index in [0.29, 0.717) is 0 Å². The van der Waals surface area contributed by atoms with Gasteiger partial charge in [0.25, 0.3) is 0 Å². The molecular formula is C29H20O. The average molecular weight is 384 g/mol. The van der Waals surface area contributed by atoms with Crippen LogP contribution in [0, 0.1) is 0 Å². The monoisotopic (exact) mass is 384 g/mol. The third-order valence-electron chi connectivity index (χ3n) is 5.91. The van der Waals surface area contributed by atoms with Gasteiger partial charge in [0.1, 0.15) is 11.2 Å². The van der Waals surface area contributed by atoms with E-state index in [-0.39, 0.29) is 0 Å². The van der Waals surface area contributed by atoms with Gasteiger partial charge in [-0.2, -0.15) is 0 Å². The highest BCUT2D eigenvalue weighted by molar-refractivity contribution is 6.11. The molecule has 0 bridgehead atoms. The average Bonchev–Trinajstić information content (AvgIpc) is 3.20. The minimum absolute atomic E-state index is 0.888. The predicted molar refractivity (Wildman–Crippen MR) is 126 cm³/mol. The standard InChI is InChI=1S/C29H20O/c1-2-8-20(9-3-1)18-24-16-17-25(23-15-14-21-10-4-5-11-22(21)19-23)29-28(24)26-12-6-7-13-27(26)30-29/h1-17,19H,18H2. The van der Waals surface area contributed by atoms with Crippen LogP contribution in [-0.4, -0.2) is 0 Å². The highest BCUT2D eigenvalue weighted by atomic mass is 16.3. The summed E-state index contributed by atoms with van der Waals surface area (Å²) in [5.41, 5.74) is 6.84. The molecule has 0 fully saturated rings. The molecule has 0 unspecified atom stereocenters. The summed E-state index contributed by atoms with van der Waals surface area (Å²) in [4.78, 5) is 0. The molecule has 5 aromatic carbocycles. The van der Waals surface area contributed by atoms with Gasteiger partial charge in [-0.15, -0.1) is 0 Å². The van der Waals surface area contributed by atoms with Gasteiger partial charge < -0.3 is 4.42 Å². The number of fused-ring (bicyclic) bond motifs is 4. The van der Waals surface area contributed by atoms with Crippen molar-refractivity contribution >= 4 is 32.7 Å². The highest BCUT2D eigenvalue weighted by Crippen LogP contribution is 2.39. The van der Waals surface area contributed by atoms with Crippen molar-refractivity contribution in [3.8, 4) is 11.1 Å². The van der Waals surface area contributed by atoms with Gasteiger partial charge >= 0.3 is 0 Å². The fourth-order valence-electron chi connectivity index (χ4n) is 4.44. The minimum Gasteiger partial charge on any atom is -0.455 e. The largest absolute Gasteiger partial charge is 0.455 e. The van der Waals surface area contributed by atoms with Crippen molar-refractivity contribution < 1.29 is 4.42 Å². The van der Waals surface area contributed by atoms with Crippen LogP contribution in [0.15, 0.2) is 114 Å². The van der Waals surface area contributed by atoms with E-state index in [1.165, 1.54) is 38.2 Å². The fraction of sp³-hybridized carbons (Fsp3) is 0.0345. The summed E-state index contributed by atoms with van der Waals surface area (Å²) in [7, 11) is 0. The van der Waals surface area contributed by atoms with Crippen molar-refractivity contribution in [1.82, 2.24) is 0 Å². The third-order valence-corrected chi connectivity index (χ3v) is 5.91. The molecule has 0 aliphatic rings. The third kappa shape index (κ3) is 2.79. The maximum absolute atomic E-state index is 6.43. The molecule has 0 N–H and O–H groups in total. The number of rotatable bonds is 3. The summed E-state index contributed by atoms with van der Waals surface area (Å²) in [6.45, 7) is 0. The molecule has 1 nitrogen and oxygen atoms in total. The van der Waals surface area contributed by atoms with Gasteiger partial charge in [0, 0.05) is 16.3 Å². The predicted octanol–water partition coefficient (Wildman–Crippen LogP) is 8.00. The van der Waals surface area contributed by atoms with Crippen LogP contribution < -0.4 is 0 Å². The Morgan fingerprint density at radius 2 is 1.37 bits per heavy atom. The normalized spacial score (nSPS) is 11.5. The molecule has 0 spiro atoms. The van der Waals surface area contributed by atoms with E-state index in [1.807, 2.05) is 6.07 Å². The van der Waals surface area contributed by atoms with Crippen molar-refractivity contribution in [3.05, 3.63) is 120 Å². The van der Waals surface area contributed by atoms with Crippen LogP contribution >= 0.6 is 0 Å². The Morgan fingerprint density at radius 3 is 2.27 bits per heavy atom. The van der Waals surface area contributed by atoms with E-state index in [0.717, 1.165) is 23.2 Å². The second-order valence-electron chi connectivity index (χ2n) is 7.80. The van der Waals surface area contributed by atoms with Crippen LogP contribution in [0.1, 0.15) is 11.1 Å². The molecule has 6 aromatic rings. The maximum atomic E-state index is 6.43. The molecule has 0 saturated heterocycles. The quantitative estimate of drug-likeness (QED) is 0.301. The first kappa shape index (κ1) is 17.1. The Labute approximate surface area is 175 Å².